The van der Waals surface area contributed by atoms with Crippen molar-refractivity contribution >= 4 is 35.0 Å². The lowest BCUT2D eigenvalue weighted by molar-refractivity contribution is -0.126. The van der Waals surface area contributed by atoms with Crippen molar-refractivity contribution in [2.24, 2.45) is 23.9 Å². The minimum Gasteiger partial charge on any atom is -0.497 e. The smallest absolute Gasteiger partial charge is 0.240 e. The molecule has 11 nitrogen and oxygen atoms in total. The molecule has 2 atom stereocenters. The van der Waals surface area contributed by atoms with Crippen LogP contribution in [0.3, 0.4) is 0 Å². The van der Waals surface area contributed by atoms with Crippen LogP contribution in [0.25, 0.3) is 16.9 Å². The number of nitrogens with two attached hydrogens (primary N) is 1. The molecular formula is C26H30N8O3. The molecule has 1 amide bonds. The van der Waals surface area contributed by atoms with Crippen LogP contribution in [0, 0.1) is 11.8 Å². The second-order valence-corrected chi connectivity index (χ2v) is 9.06. The minimum atomic E-state index is -0.0914. The third-order valence-electron chi connectivity index (χ3n) is 6.86. The molecule has 0 fully saturated rings. The number of benzene rings is 1. The summed E-state index contributed by atoms with van der Waals surface area (Å²) in [5.41, 5.74) is 7.88. The maximum absolute atomic E-state index is 12.9. The van der Waals surface area contributed by atoms with Gasteiger partial charge in [0.15, 0.2) is 11.6 Å². The third-order valence-corrected chi connectivity index (χ3v) is 6.86. The normalized spacial score (nSPS) is 19.9. The Morgan fingerprint density at radius 2 is 1.95 bits per heavy atom. The van der Waals surface area contributed by atoms with Gasteiger partial charge in [-0.2, -0.15) is 9.67 Å². The second-order valence-electron chi connectivity index (χ2n) is 9.06. The van der Waals surface area contributed by atoms with E-state index in [1.807, 2.05) is 42.0 Å². The van der Waals surface area contributed by atoms with Gasteiger partial charge in [0, 0.05) is 25.8 Å². The monoisotopic (exact) mass is 502 g/mol. The number of hydrogen-bond acceptors (Lipinski definition) is 8. The van der Waals surface area contributed by atoms with Crippen LogP contribution in [-0.4, -0.2) is 55.7 Å². The Morgan fingerprint density at radius 1 is 1.14 bits per heavy atom. The molecule has 0 saturated heterocycles. The summed E-state index contributed by atoms with van der Waals surface area (Å²) in [4.78, 5) is 28.2. The van der Waals surface area contributed by atoms with Crippen LogP contribution in [-0.2, 0) is 34.3 Å². The summed E-state index contributed by atoms with van der Waals surface area (Å²) < 4.78 is 14.6. The summed E-state index contributed by atoms with van der Waals surface area (Å²) >= 11 is 0. The van der Waals surface area contributed by atoms with Crippen molar-refractivity contribution in [2.75, 3.05) is 20.0 Å². The lowest BCUT2D eigenvalue weighted by Crippen LogP contribution is -2.29. The number of nitrogen functional groups attached to an aromatic ring is 1. The molecule has 11 heteroatoms. The van der Waals surface area contributed by atoms with E-state index in [9.17, 15) is 4.79 Å². The largest absolute Gasteiger partial charge is 0.497 e. The average Bonchev–Trinajstić information content (AvgIpc) is 3.35. The maximum atomic E-state index is 12.9. The van der Waals surface area contributed by atoms with Crippen LogP contribution in [0.1, 0.15) is 25.0 Å². The number of amides is 1. The zero-order valence-electron chi connectivity index (χ0n) is 21.3. The molecule has 0 saturated carbocycles. The molecule has 37 heavy (non-hydrogen) atoms. The summed E-state index contributed by atoms with van der Waals surface area (Å²) in [5.74, 6) is 3.60. The number of carbonyl (C=O) groups is 1. The van der Waals surface area contributed by atoms with Crippen molar-refractivity contribution < 1.29 is 14.3 Å². The first-order valence-corrected chi connectivity index (χ1v) is 12.1. The van der Waals surface area contributed by atoms with Gasteiger partial charge in [-0.05, 0) is 30.2 Å². The molecule has 1 aromatic carbocycles. The molecular weight excluding hydrogens is 472 g/mol. The summed E-state index contributed by atoms with van der Waals surface area (Å²) in [6, 6.07) is 7.88. The van der Waals surface area contributed by atoms with Gasteiger partial charge < -0.3 is 19.8 Å². The van der Waals surface area contributed by atoms with Crippen molar-refractivity contribution in [1.29, 1.82) is 0 Å². The molecule has 2 aromatic heterocycles. The summed E-state index contributed by atoms with van der Waals surface area (Å²) in [6.07, 6.45) is 7.97. The minimum absolute atomic E-state index is 0.0632. The van der Waals surface area contributed by atoms with Crippen molar-refractivity contribution in [1.82, 2.24) is 29.2 Å². The van der Waals surface area contributed by atoms with Crippen LogP contribution in [0.5, 0.6) is 0 Å². The number of aryl methyl sites for hydroxylation is 1. The van der Waals surface area contributed by atoms with Gasteiger partial charge in [0.2, 0.25) is 11.9 Å². The molecule has 192 valence electrons. The van der Waals surface area contributed by atoms with Crippen LogP contribution >= 0.6 is 0 Å². The standard InChI is InChI=1S/C26H30N8O3/c1-16-17(9-10-20(36-3)25(16)37-4)13-22-30-26(27)31-34(22)21-11-12-24(35)33(15-28-21)14-23-29-18-7-5-6-8-19(18)32(23)2/h5-11,15-17H,12-14H2,1-4H3,(H2,27,31). The van der Waals surface area contributed by atoms with Crippen LogP contribution in [0.15, 0.2) is 59.0 Å². The van der Waals surface area contributed by atoms with Crippen molar-refractivity contribution in [3.05, 3.63) is 65.7 Å². The van der Waals surface area contributed by atoms with Gasteiger partial charge in [-0.3, -0.25) is 9.69 Å². The zero-order valence-corrected chi connectivity index (χ0v) is 21.3. The van der Waals surface area contributed by atoms with E-state index >= 15 is 0 Å². The number of aliphatic imine (C=N–C) groups is 1. The quantitative estimate of drug-likeness (QED) is 0.526. The average molecular weight is 503 g/mol. The van der Waals surface area contributed by atoms with Crippen LogP contribution in [0.4, 0.5) is 5.95 Å². The van der Waals surface area contributed by atoms with Crippen molar-refractivity contribution in [3.8, 4) is 0 Å². The molecule has 3 aromatic rings. The van der Waals surface area contributed by atoms with Crippen LogP contribution < -0.4 is 5.73 Å². The van der Waals surface area contributed by atoms with E-state index in [4.69, 9.17) is 15.2 Å². The fourth-order valence-corrected chi connectivity index (χ4v) is 4.77. The van der Waals surface area contributed by atoms with Crippen LogP contribution in [0.2, 0.25) is 0 Å². The third kappa shape index (κ3) is 4.59. The van der Waals surface area contributed by atoms with Gasteiger partial charge in [0.25, 0.3) is 0 Å². The Bertz CT molecular complexity index is 1460. The topological polar surface area (TPSA) is 126 Å². The highest BCUT2D eigenvalue weighted by Crippen LogP contribution is 2.33. The number of aromatic nitrogens is 5. The van der Waals surface area contributed by atoms with Gasteiger partial charge in [0.05, 0.1) is 31.8 Å². The Kier molecular flexibility index (Phi) is 6.51. The number of allylic oxidation sites excluding steroid dienone is 3. The van der Waals surface area contributed by atoms with E-state index in [1.54, 1.807) is 29.9 Å². The number of anilines is 1. The SMILES string of the molecule is COC1=C(OC)C(C)C(Cc2nc(N)nn2C2=CCC(=O)N(Cc3nc4ccccc4n3C)C=N2)C=C1. The number of hydrogen-bond donors (Lipinski definition) is 1. The summed E-state index contributed by atoms with van der Waals surface area (Å²) in [7, 11) is 5.21. The van der Waals surface area contributed by atoms with Gasteiger partial charge in [0.1, 0.15) is 23.7 Å². The molecule has 0 radical (unpaired) electrons. The second kappa shape index (κ2) is 9.92. The molecule has 5 rings (SSSR count). The lowest BCUT2D eigenvalue weighted by atomic mass is 9.85. The number of fused-ring (bicyclic) bond motifs is 1. The van der Waals surface area contributed by atoms with E-state index in [0.717, 1.165) is 22.6 Å². The van der Waals surface area contributed by atoms with E-state index in [-0.39, 0.29) is 30.1 Å². The fourth-order valence-electron chi connectivity index (χ4n) is 4.77. The van der Waals surface area contributed by atoms with Gasteiger partial charge in [-0.25, -0.2) is 9.98 Å². The number of carbonyl (C=O) groups excluding carboxylic acids is 1. The predicted octanol–water partition coefficient (Wildman–Crippen LogP) is 2.88. The Balaban J connectivity index is 1.37. The number of methoxy groups -OCH3 is 2. The zero-order chi connectivity index (χ0) is 26.1. The van der Waals surface area contributed by atoms with Crippen molar-refractivity contribution in [2.45, 2.75) is 26.3 Å². The molecule has 3 heterocycles. The molecule has 0 spiro atoms. The first-order valence-electron chi connectivity index (χ1n) is 12.1. The van der Waals surface area contributed by atoms with Gasteiger partial charge in [-0.1, -0.05) is 25.1 Å². The summed E-state index contributed by atoms with van der Waals surface area (Å²) in [6.45, 7) is 2.38. The molecule has 2 N–H and O–H groups in total. The highest BCUT2D eigenvalue weighted by atomic mass is 16.5. The molecule has 0 bridgehead atoms. The number of para-hydroxylation sites is 2. The van der Waals surface area contributed by atoms with E-state index in [1.165, 1.54) is 6.34 Å². The molecule has 2 unspecified atom stereocenters. The predicted molar refractivity (Wildman–Crippen MR) is 140 cm³/mol. The van der Waals surface area contributed by atoms with Crippen molar-refractivity contribution in [3.63, 3.8) is 0 Å². The summed E-state index contributed by atoms with van der Waals surface area (Å²) in [5, 5.41) is 4.38. The Morgan fingerprint density at radius 3 is 2.70 bits per heavy atom. The number of ether oxygens (including phenoxy) is 2. The molecule has 2 aliphatic rings. The van der Waals surface area contributed by atoms with E-state index < -0.39 is 0 Å². The first kappa shape index (κ1) is 24.3. The van der Waals surface area contributed by atoms with E-state index in [0.29, 0.717) is 30.4 Å². The van der Waals surface area contributed by atoms with Gasteiger partial charge >= 0.3 is 0 Å². The highest BCUT2D eigenvalue weighted by Gasteiger charge is 2.29. The number of imidazole rings is 1. The Labute approximate surface area is 214 Å². The molecule has 1 aliphatic carbocycles. The fraction of sp³-hybridized carbons (Fsp3) is 0.346. The number of rotatable bonds is 7. The molecule has 1 aliphatic heterocycles. The number of nitrogens with zero attached hydrogens (tertiary/aromatic N) is 7. The Hall–Kier alpha value is -4.41. The van der Waals surface area contributed by atoms with E-state index in [2.05, 4.69) is 33.1 Å². The highest BCUT2D eigenvalue weighted by molar-refractivity contribution is 5.91. The maximum Gasteiger partial charge on any atom is 0.240 e. The van der Waals surface area contributed by atoms with Gasteiger partial charge in [-0.15, -0.1) is 5.10 Å². The lowest BCUT2D eigenvalue weighted by Gasteiger charge is -2.27. The first-order chi connectivity index (χ1) is 17.9.